The Bertz CT molecular complexity index is 560. The summed E-state index contributed by atoms with van der Waals surface area (Å²) in [6.45, 7) is 2.75. The standard InChI is InChI=1S/C17H21ClN2O/c1-13(19-2)15-5-6-17(16(18)12-15)21-11-3-4-14-7-9-20-10-8-14/h5-10,12-13,19H,3-4,11H2,1-2H3. The van der Waals surface area contributed by atoms with E-state index >= 15 is 0 Å². The lowest BCUT2D eigenvalue weighted by Crippen LogP contribution is -2.12. The third-order valence-corrected chi connectivity index (χ3v) is 3.80. The maximum Gasteiger partial charge on any atom is 0.137 e. The number of ether oxygens (including phenoxy) is 1. The van der Waals surface area contributed by atoms with Gasteiger partial charge in [0.25, 0.3) is 0 Å². The van der Waals surface area contributed by atoms with Gasteiger partial charge in [-0.15, -0.1) is 0 Å². The van der Waals surface area contributed by atoms with Gasteiger partial charge >= 0.3 is 0 Å². The van der Waals surface area contributed by atoms with Gasteiger partial charge in [-0.1, -0.05) is 17.7 Å². The number of aromatic nitrogens is 1. The molecule has 0 aliphatic carbocycles. The van der Waals surface area contributed by atoms with Crippen molar-refractivity contribution in [2.45, 2.75) is 25.8 Å². The first-order chi connectivity index (χ1) is 10.2. The van der Waals surface area contributed by atoms with Crippen molar-refractivity contribution in [3.8, 4) is 5.75 Å². The van der Waals surface area contributed by atoms with Crippen LogP contribution in [0.4, 0.5) is 0 Å². The second kappa shape index (κ2) is 8.01. The highest BCUT2D eigenvalue weighted by Gasteiger charge is 2.07. The van der Waals surface area contributed by atoms with Gasteiger partial charge in [0.05, 0.1) is 11.6 Å². The topological polar surface area (TPSA) is 34.1 Å². The molecule has 21 heavy (non-hydrogen) atoms. The summed E-state index contributed by atoms with van der Waals surface area (Å²) in [5, 5.41) is 3.86. The first kappa shape index (κ1) is 15.8. The van der Waals surface area contributed by atoms with Crippen LogP contribution in [0.25, 0.3) is 0 Å². The normalized spacial score (nSPS) is 12.1. The third-order valence-electron chi connectivity index (χ3n) is 3.51. The van der Waals surface area contributed by atoms with Gasteiger partial charge in [-0.3, -0.25) is 4.98 Å². The van der Waals surface area contributed by atoms with Gasteiger partial charge < -0.3 is 10.1 Å². The molecule has 0 amide bonds. The zero-order chi connectivity index (χ0) is 15.1. The van der Waals surface area contributed by atoms with Crippen LogP contribution in [-0.4, -0.2) is 18.6 Å². The second-order valence-corrected chi connectivity index (χ2v) is 5.41. The monoisotopic (exact) mass is 304 g/mol. The first-order valence-corrected chi connectivity index (χ1v) is 7.57. The van der Waals surface area contributed by atoms with Crippen LogP contribution in [0.5, 0.6) is 5.75 Å². The quantitative estimate of drug-likeness (QED) is 0.784. The molecule has 1 N–H and O–H groups in total. The molecule has 0 bridgehead atoms. The van der Waals surface area contributed by atoms with E-state index in [9.17, 15) is 0 Å². The molecule has 3 nitrogen and oxygen atoms in total. The molecule has 1 aromatic heterocycles. The minimum Gasteiger partial charge on any atom is -0.492 e. The summed E-state index contributed by atoms with van der Waals surface area (Å²) in [5.74, 6) is 0.749. The minimum absolute atomic E-state index is 0.281. The number of hydrogen-bond acceptors (Lipinski definition) is 3. The van der Waals surface area contributed by atoms with Crippen molar-refractivity contribution in [3.05, 3.63) is 58.9 Å². The van der Waals surface area contributed by atoms with Gasteiger partial charge in [-0.25, -0.2) is 0 Å². The fourth-order valence-electron chi connectivity index (χ4n) is 2.08. The molecule has 1 heterocycles. The number of nitrogens with one attached hydrogen (secondary N) is 1. The van der Waals surface area contributed by atoms with Crippen LogP contribution >= 0.6 is 11.6 Å². The molecule has 2 aromatic rings. The molecule has 112 valence electrons. The van der Waals surface area contributed by atoms with Crippen molar-refractivity contribution >= 4 is 11.6 Å². The number of pyridine rings is 1. The number of benzene rings is 1. The lowest BCUT2D eigenvalue weighted by molar-refractivity contribution is 0.311. The molecule has 0 spiro atoms. The molecule has 1 atom stereocenters. The summed E-state index contributed by atoms with van der Waals surface area (Å²) in [6, 6.07) is 10.3. The summed E-state index contributed by atoms with van der Waals surface area (Å²) in [5.41, 5.74) is 2.43. The van der Waals surface area contributed by atoms with E-state index in [2.05, 4.69) is 17.2 Å². The smallest absolute Gasteiger partial charge is 0.137 e. The lowest BCUT2D eigenvalue weighted by atomic mass is 10.1. The molecule has 4 heteroatoms. The summed E-state index contributed by atoms with van der Waals surface area (Å²) in [7, 11) is 1.93. The Morgan fingerprint density at radius 2 is 2.00 bits per heavy atom. The predicted molar refractivity (Wildman–Crippen MR) is 87.0 cm³/mol. The molecule has 0 aliphatic rings. The predicted octanol–water partition coefficient (Wildman–Crippen LogP) is 4.03. The Labute approximate surface area is 131 Å². The van der Waals surface area contributed by atoms with E-state index in [1.54, 1.807) is 0 Å². The highest BCUT2D eigenvalue weighted by molar-refractivity contribution is 6.32. The van der Waals surface area contributed by atoms with Gasteiger partial charge in [0.2, 0.25) is 0 Å². The Kier molecular flexibility index (Phi) is 6.03. The van der Waals surface area contributed by atoms with Gasteiger partial charge in [-0.2, -0.15) is 0 Å². The second-order valence-electron chi connectivity index (χ2n) is 5.01. The SMILES string of the molecule is CNC(C)c1ccc(OCCCc2ccncc2)c(Cl)c1. The van der Waals surface area contributed by atoms with Crippen LogP contribution in [0.2, 0.25) is 5.02 Å². The zero-order valence-electron chi connectivity index (χ0n) is 12.5. The summed E-state index contributed by atoms with van der Waals surface area (Å²) < 4.78 is 5.76. The van der Waals surface area contributed by atoms with E-state index in [1.807, 2.05) is 49.8 Å². The highest BCUT2D eigenvalue weighted by atomic mass is 35.5. The summed E-state index contributed by atoms with van der Waals surface area (Å²) in [6.07, 6.45) is 5.56. The van der Waals surface area contributed by atoms with E-state index in [0.29, 0.717) is 11.6 Å². The van der Waals surface area contributed by atoms with Crippen LogP contribution in [0.1, 0.15) is 30.5 Å². The molecule has 1 aromatic carbocycles. The Hall–Kier alpha value is -1.58. The first-order valence-electron chi connectivity index (χ1n) is 7.19. The maximum absolute atomic E-state index is 6.27. The zero-order valence-corrected chi connectivity index (χ0v) is 13.2. The molecule has 0 fully saturated rings. The number of hydrogen-bond donors (Lipinski definition) is 1. The number of aryl methyl sites for hydroxylation is 1. The van der Waals surface area contributed by atoms with E-state index in [1.165, 1.54) is 5.56 Å². The van der Waals surface area contributed by atoms with Crippen LogP contribution in [0, 0.1) is 0 Å². The minimum atomic E-state index is 0.281. The van der Waals surface area contributed by atoms with Crippen LogP contribution < -0.4 is 10.1 Å². The van der Waals surface area contributed by atoms with E-state index in [-0.39, 0.29) is 6.04 Å². The summed E-state index contributed by atoms with van der Waals surface area (Å²) >= 11 is 6.27. The number of nitrogens with zero attached hydrogens (tertiary/aromatic N) is 1. The van der Waals surface area contributed by atoms with Gasteiger partial charge in [-0.05, 0) is 62.2 Å². The van der Waals surface area contributed by atoms with Gasteiger partial charge in [0.15, 0.2) is 0 Å². The highest BCUT2D eigenvalue weighted by Crippen LogP contribution is 2.28. The molecule has 2 rings (SSSR count). The van der Waals surface area contributed by atoms with Crippen LogP contribution in [0.3, 0.4) is 0 Å². The van der Waals surface area contributed by atoms with E-state index < -0.39 is 0 Å². The fourth-order valence-corrected chi connectivity index (χ4v) is 2.32. The largest absolute Gasteiger partial charge is 0.492 e. The fraction of sp³-hybridized carbons (Fsp3) is 0.353. The molecular formula is C17H21ClN2O. The van der Waals surface area contributed by atoms with Crippen molar-refractivity contribution < 1.29 is 4.74 Å². The van der Waals surface area contributed by atoms with Crippen molar-refractivity contribution in [1.29, 1.82) is 0 Å². The lowest BCUT2D eigenvalue weighted by Gasteiger charge is -2.13. The van der Waals surface area contributed by atoms with Crippen LogP contribution in [0.15, 0.2) is 42.7 Å². The van der Waals surface area contributed by atoms with Crippen molar-refractivity contribution in [2.75, 3.05) is 13.7 Å². The molecule has 1 unspecified atom stereocenters. The third kappa shape index (κ3) is 4.73. The van der Waals surface area contributed by atoms with E-state index in [0.717, 1.165) is 24.2 Å². The average Bonchev–Trinajstić information content (AvgIpc) is 2.53. The van der Waals surface area contributed by atoms with Gasteiger partial charge in [0, 0.05) is 18.4 Å². The Morgan fingerprint density at radius 1 is 1.24 bits per heavy atom. The van der Waals surface area contributed by atoms with Crippen molar-refractivity contribution in [3.63, 3.8) is 0 Å². The molecule has 0 aliphatic heterocycles. The number of halogens is 1. The number of rotatable bonds is 7. The van der Waals surface area contributed by atoms with E-state index in [4.69, 9.17) is 16.3 Å². The average molecular weight is 305 g/mol. The molecular weight excluding hydrogens is 284 g/mol. The molecule has 0 saturated heterocycles. The van der Waals surface area contributed by atoms with Crippen molar-refractivity contribution in [2.24, 2.45) is 0 Å². The Balaban J connectivity index is 1.83. The van der Waals surface area contributed by atoms with Crippen molar-refractivity contribution in [1.82, 2.24) is 10.3 Å². The molecule has 0 saturated carbocycles. The Morgan fingerprint density at radius 3 is 2.67 bits per heavy atom. The van der Waals surface area contributed by atoms with Gasteiger partial charge in [0.1, 0.15) is 5.75 Å². The van der Waals surface area contributed by atoms with Crippen LogP contribution in [-0.2, 0) is 6.42 Å². The maximum atomic E-state index is 6.27. The molecule has 0 radical (unpaired) electrons. The summed E-state index contributed by atoms with van der Waals surface area (Å²) in [4.78, 5) is 4.01.